The number of esters is 1. The predicted octanol–water partition coefficient (Wildman–Crippen LogP) is -1.62. The molecule has 1 aromatic rings. The zero-order valence-corrected chi connectivity index (χ0v) is 9.85. The molecule has 0 saturated carbocycles. The molecule has 1 aromatic carbocycles. The maximum absolute atomic E-state index is 10.9. The van der Waals surface area contributed by atoms with E-state index < -0.39 is 0 Å². The molecule has 0 N–H and O–H groups in total. The van der Waals surface area contributed by atoms with E-state index in [1.165, 1.54) is 7.11 Å². The van der Waals surface area contributed by atoms with Crippen LogP contribution in [0.2, 0.25) is 0 Å². The molecule has 0 radical (unpaired) electrons. The second-order valence-electron chi connectivity index (χ2n) is 2.02. The Bertz CT molecular complexity index is 258. The average Bonchev–Trinajstić information content (AvgIpc) is 2.05. The molecule has 58 valence electrons. The van der Waals surface area contributed by atoms with E-state index in [0.717, 1.165) is 4.90 Å². The number of rotatable bonds is 1. The average molecular weight is 190 g/mol. The molecule has 0 fully saturated rings. The normalized spacial score (nSPS) is 8.42. The summed E-state index contributed by atoms with van der Waals surface area (Å²) in [6.07, 6.45) is 0. The van der Waals surface area contributed by atoms with Gasteiger partial charge in [0, 0.05) is 0 Å². The van der Waals surface area contributed by atoms with Gasteiger partial charge in [0.15, 0.2) is 0 Å². The molecule has 4 heteroatoms. The van der Waals surface area contributed by atoms with E-state index in [1.807, 2.05) is 0 Å². The molecule has 0 heterocycles. The summed E-state index contributed by atoms with van der Waals surface area (Å²) in [5.74, 6) is -0.333. The minimum atomic E-state index is -0.333. The number of benzene rings is 1. The Morgan fingerprint density at radius 3 is 2.25 bits per heavy atom. The Balaban J connectivity index is 0.00000121. The fraction of sp³-hybridized carbons (Fsp3) is 0.125. The van der Waals surface area contributed by atoms with Crippen molar-refractivity contribution in [1.82, 2.24) is 0 Å². The number of carbonyl (C=O) groups is 1. The van der Waals surface area contributed by atoms with Crippen LogP contribution in [-0.4, -0.2) is 13.1 Å². The minimum absolute atomic E-state index is 0. The molecule has 0 bridgehead atoms. The van der Waals surface area contributed by atoms with Gasteiger partial charge in [-0.3, -0.25) is 0 Å². The van der Waals surface area contributed by atoms with Crippen LogP contribution in [0.4, 0.5) is 0 Å². The summed E-state index contributed by atoms with van der Waals surface area (Å²) in [5.41, 5.74) is 0.529. The second kappa shape index (κ2) is 5.54. The van der Waals surface area contributed by atoms with Crippen molar-refractivity contribution in [1.29, 1.82) is 0 Å². The summed E-state index contributed by atoms with van der Waals surface area (Å²) in [5, 5.41) is 0. The predicted molar refractivity (Wildman–Crippen MR) is 43.4 cm³/mol. The van der Waals surface area contributed by atoms with Crippen LogP contribution in [-0.2, 0) is 17.4 Å². The third-order valence-corrected chi connectivity index (χ3v) is 1.55. The molecule has 0 unspecified atom stereocenters. The number of methoxy groups -OCH3 is 1. The second-order valence-corrected chi connectivity index (χ2v) is 2.49. The van der Waals surface area contributed by atoms with E-state index >= 15 is 0 Å². The fourth-order valence-corrected chi connectivity index (χ4v) is 0.845. The van der Waals surface area contributed by atoms with Crippen LogP contribution < -0.4 is 29.6 Å². The topological polar surface area (TPSA) is 26.3 Å². The Labute approximate surface area is 99.0 Å². The largest absolute Gasteiger partial charge is 1.00 e. The third kappa shape index (κ3) is 3.11. The number of carbonyl (C=O) groups excluding carboxylic acids is 1. The van der Waals surface area contributed by atoms with Crippen LogP contribution in [0.25, 0.3) is 0 Å². The zero-order valence-electron chi connectivity index (χ0n) is 7.03. The van der Waals surface area contributed by atoms with Crippen LogP contribution in [0.1, 0.15) is 10.4 Å². The van der Waals surface area contributed by atoms with Gasteiger partial charge in [0.05, 0.1) is 12.7 Å². The first kappa shape index (κ1) is 11.9. The molecule has 0 amide bonds. The maximum Gasteiger partial charge on any atom is 1.00 e. The summed E-state index contributed by atoms with van der Waals surface area (Å²) in [6.45, 7) is 0. The van der Waals surface area contributed by atoms with Crippen molar-refractivity contribution in [3.05, 3.63) is 29.8 Å². The number of hydrogen-bond donors (Lipinski definition) is 0. The Morgan fingerprint density at radius 1 is 1.33 bits per heavy atom. The fourth-order valence-electron chi connectivity index (χ4n) is 0.709. The smallest absolute Gasteiger partial charge is 0.780 e. The molecule has 2 nitrogen and oxygen atoms in total. The van der Waals surface area contributed by atoms with Crippen LogP contribution >= 0.6 is 0 Å². The van der Waals surface area contributed by atoms with Crippen LogP contribution in [0.15, 0.2) is 29.2 Å². The summed E-state index contributed by atoms with van der Waals surface area (Å²) in [4.78, 5) is 11.6. The summed E-state index contributed by atoms with van der Waals surface area (Å²) >= 11 is 4.84. The molecule has 0 saturated heterocycles. The SMILES string of the molecule is COC(=O)c1ccc([S-])cc1.[Na+]. The summed E-state index contributed by atoms with van der Waals surface area (Å²) in [7, 11) is 1.35. The van der Waals surface area contributed by atoms with Gasteiger partial charge in [0.1, 0.15) is 0 Å². The molecule has 0 spiro atoms. The zero-order chi connectivity index (χ0) is 8.27. The molecule has 0 aliphatic carbocycles. The van der Waals surface area contributed by atoms with Gasteiger partial charge in [0.25, 0.3) is 0 Å². The molecular formula is C8H7NaO2S. The molecule has 0 aromatic heterocycles. The van der Waals surface area contributed by atoms with Crippen molar-refractivity contribution in [2.75, 3.05) is 7.11 Å². The van der Waals surface area contributed by atoms with Crippen molar-refractivity contribution < 1.29 is 39.1 Å². The van der Waals surface area contributed by atoms with E-state index in [1.54, 1.807) is 24.3 Å². The molecule has 12 heavy (non-hydrogen) atoms. The van der Waals surface area contributed by atoms with E-state index in [2.05, 4.69) is 4.74 Å². The maximum atomic E-state index is 10.9. The van der Waals surface area contributed by atoms with Crippen molar-refractivity contribution in [2.24, 2.45) is 0 Å². The standard InChI is InChI=1S/C8H8O2S.Na/c1-10-8(9)6-2-4-7(11)5-3-6;/h2-5,11H,1H3;/q;+1/p-1. The summed E-state index contributed by atoms with van der Waals surface area (Å²) in [6, 6.07) is 6.69. The van der Waals surface area contributed by atoms with Gasteiger partial charge in [-0.05, 0) is 12.1 Å². The van der Waals surface area contributed by atoms with Crippen LogP contribution in [0, 0.1) is 0 Å². The molecule has 0 atom stereocenters. The van der Waals surface area contributed by atoms with Crippen molar-refractivity contribution in [3.63, 3.8) is 0 Å². The van der Waals surface area contributed by atoms with Gasteiger partial charge in [-0.1, -0.05) is 12.1 Å². The van der Waals surface area contributed by atoms with Crippen LogP contribution in [0.5, 0.6) is 0 Å². The Kier molecular flexibility index (Phi) is 5.50. The van der Waals surface area contributed by atoms with E-state index in [4.69, 9.17) is 12.6 Å². The molecule has 0 aliphatic rings. The quantitative estimate of drug-likeness (QED) is 0.302. The summed E-state index contributed by atoms with van der Waals surface area (Å²) < 4.78 is 4.50. The third-order valence-electron chi connectivity index (χ3n) is 1.28. The van der Waals surface area contributed by atoms with E-state index in [9.17, 15) is 4.79 Å². The molecule has 0 aliphatic heterocycles. The first-order valence-corrected chi connectivity index (χ1v) is 3.50. The Morgan fingerprint density at radius 2 is 1.83 bits per heavy atom. The van der Waals surface area contributed by atoms with Gasteiger partial charge >= 0.3 is 35.5 Å². The van der Waals surface area contributed by atoms with Gasteiger partial charge in [-0.15, -0.1) is 0 Å². The minimum Gasteiger partial charge on any atom is -0.780 e. The van der Waals surface area contributed by atoms with Gasteiger partial charge < -0.3 is 17.4 Å². The van der Waals surface area contributed by atoms with Crippen molar-refractivity contribution in [2.45, 2.75) is 4.90 Å². The number of hydrogen-bond acceptors (Lipinski definition) is 3. The van der Waals surface area contributed by atoms with Gasteiger partial charge in [0.2, 0.25) is 0 Å². The van der Waals surface area contributed by atoms with Gasteiger partial charge in [-0.25, -0.2) is 4.79 Å². The monoisotopic (exact) mass is 190 g/mol. The number of ether oxygens (including phenoxy) is 1. The first-order chi connectivity index (χ1) is 5.24. The van der Waals surface area contributed by atoms with E-state index in [0.29, 0.717) is 5.56 Å². The first-order valence-electron chi connectivity index (χ1n) is 3.09. The van der Waals surface area contributed by atoms with Crippen molar-refractivity contribution >= 4 is 18.6 Å². The van der Waals surface area contributed by atoms with E-state index in [-0.39, 0.29) is 35.5 Å². The van der Waals surface area contributed by atoms with Gasteiger partial charge in [-0.2, -0.15) is 4.90 Å². The van der Waals surface area contributed by atoms with Crippen LogP contribution in [0.3, 0.4) is 0 Å². The van der Waals surface area contributed by atoms with Crippen molar-refractivity contribution in [3.8, 4) is 0 Å². The molecular weight excluding hydrogens is 183 g/mol. The molecule has 1 rings (SSSR count). The Hall–Kier alpha value is -0.0900.